The number of piperidine rings is 1. The molecule has 294 valence electrons. The van der Waals surface area contributed by atoms with Crippen LogP contribution in [0.4, 0.5) is 0 Å². The molecule has 0 amide bonds. The van der Waals surface area contributed by atoms with E-state index in [1.165, 1.54) is 51.0 Å². The van der Waals surface area contributed by atoms with Gasteiger partial charge in [0.2, 0.25) is 0 Å². The fraction of sp³-hybridized carbons (Fsp3) is 0.590. The molecule has 0 saturated carbocycles. The topological polar surface area (TPSA) is 75.0 Å². The Bertz CT molecular complexity index is 1660. The van der Waals surface area contributed by atoms with Crippen LogP contribution in [0, 0.1) is 0 Å². The molecule has 0 radical (unpaired) electrons. The van der Waals surface area contributed by atoms with Gasteiger partial charge in [-0.1, -0.05) is 55.0 Å². The van der Waals surface area contributed by atoms with E-state index in [2.05, 4.69) is 95.8 Å². The van der Waals surface area contributed by atoms with Crippen LogP contribution in [0.5, 0.6) is 0 Å². The highest BCUT2D eigenvalue weighted by Crippen LogP contribution is 2.28. The number of para-hydroxylation sites is 1. The fourth-order valence-corrected chi connectivity index (χ4v) is 7.93. The normalized spacial score (nSPS) is 21.9. The zero-order chi connectivity index (χ0) is 37.9. The van der Waals surface area contributed by atoms with Crippen molar-refractivity contribution in [2.24, 2.45) is 0 Å². The molecule has 0 bridgehead atoms. The Morgan fingerprint density at radius 3 is 1.93 bits per heavy atom. The Labute approximate surface area is 332 Å². The van der Waals surface area contributed by atoms with E-state index in [-0.39, 0.29) is 5.69 Å². The Kier molecular flexibility index (Phi) is 14.9. The molecule has 2 aromatic carbocycles. The molecule has 8 rings (SSSR count). The van der Waals surface area contributed by atoms with Gasteiger partial charge in [0.1, 0.15) is 6.33 Å². The van der Waals surface area contributed by atoms with E-state index in [0.717, 1.165) is 88.3 Å². The Hall–Kier alpha value is -3.44. The standard InChI is InChI=1S/C15H21N3OS.C14H18N4O.C10H20N4S/c1-16-14(13-5-3-2-4-6-13)11-18(15(16)20)12-17-7-9-19-10-8-17;19-14-17(13-7-3-1-4-8-13)11-15-18(14)12-16-9-5-2-6-10-16;1-11-3-6-13(7-4-11)9-14-8-5-12(2)10(14)15/h2-6,14H,7-12H2,1H3;1,3-4,7-8,11H,2,5-6,9-10,12H2;3-9H2,1-2H3. The SMILES string of the molecule is CN1C(=S)N(CN2CCOCC2)CC1c1ccccc1.CN1CCN(CN2CCN(C)C2=S)CC1.O=c1n(-c2ccccc2)cnn1CN1CCCCC1. The van der Waals surface area contributed by atoms with E-state index >= 15 is 0 Å². The lowest BCUT2D eigenvalue weighted by Gasteiger charge is -2.35. The van der Waals surface area contributed by atoms with Gasteiger partial charge >= 0.3 is 5.69 Å². The average molecular weight is 778 g/mol. The molecule has 13 nitrogen and oxygen atoms in total. The van der Waals surface area contributed by atoms with Crippen LogP contribution in [0.25, 0.3) is 5.69 Å². The number of morpholine rings is 1. The first-order valence-corrected chi connectivity index (χ1v) is 20.3. The molecule has 3 aromatic rings. The molecular weight excluding hydrogens is 719 g/mol. The van der Waals surface area contributed by atoms with Gasteiger partial charge in [0.15, 0.2) is 10.2 Å². The van der Waals surface area contributed by atoms with Crippen LogP contribution in [0.2, 0.25) is 0 Å². The van der Waals surface area contributed by atoms with Crippen LogP contribution in [0.3, 0.4) is 0 Å². The number of hydrogen-bond acceptors (Lipinski definition) is 9. The summed E-state index contributed by atoms with van der Waals surface area (Å²) < 4.78 is 8.53. The maximum atomic E-state index is 12.3. The summed E-state index contributed by atoms with van der Waals surface area (Å²) in [6.07, 6.45) is 5.33. The van der Waals surface area contributed by atoms with Gasteiger partial charge in [-0.15, -0.1) is 0 Å². The molecule has 5 aliphatic rings. The monoisotopic (exact) mass is 777 g/mol. The first-order valence-electron chi connectivity index (χ1n) is 19.5. The highest BCUT2D eigenvalue weighted by Gasteiger charge is 2.33. The molecule has 0 spiro atoms. The van der Waals surface area contributed by atoms with Crippen LogP contribution in [-0.2, 0) is 11.4 Å². The highest BCUT2D eigenvalue weighted by atomic mass is 32.1. The minimum atomic E-state index is -0.0724. The van der Waals surface area contributed by atoms with E-state index in [0.29, 0.717) is 12.7 Å². The highest BCUT2D eigenvalue weighted by molar-refractivity contribution is 7.80. The maximum absolute atomic E-state index is 12.3. The van der Waals surface area contributed by atoms with Gasteiger partial charge in [-0.05, 0) is 75.1 Å². The molecule has 54 heavy (non-hydrogen) atoms. The third-order valence-corrected chi connectivity index (χ3v) is 12.0. The molecule has 5 fully saturated rings. The van der Waals surface area contributed by atoms with E-state index in [1.54, 1.807) is 15.6 Å². The lowest BCUT2D eigenvalue weighted by atomic mass is 10.1. The second-order valence-electron chi connectivity index (χ2n) is 14.9. The molecule has 5 saturated heterocycles. The molecule has 6 heterocycles. The molecule has 0 N–H and O–H groups in total. The molecular formula is C39H59N11O2S2. The quantitative estimate of drug-likeness (QED) is 0.316. The van der Waals surface area contributed by atoms with Gasteiger partial charge in [0.25, 0.3) is 0 Å². The zero-order valence-corrected chi connectivity index (χ0v) is 34.0. The predicted octanol–water partition coefficient (Wildman–Crippen LogP) is 2.75. The number of likely N-dealkylation sites (tertiary alicyclic amines) is 1. The minimum absolute atomic E-state index is 0.0724. The first-order chi connectivity index (χ1) is 26.3. The summed E-state index contributed by atoms with van der Waals surface area (Å²) in [5.41, 5.74) is 2.12. The first kappa shape index (κ1) is 40.2. The van der Waals surface area contributed by atoms with Gasteiger partial charge in [0, 0.05) is 73.0 Å². The third kappa shape index (κ3) is 10.9. The Balaban J connectivity index is 0.000000140. The smallest absolute Gasteiger partial charge is 0.351 e. The van der Waals surface area contributed by atoms with E-state index in [9.17, 15) is 4.79 Å². The Morgan fingerprint density at radius 2 is 1.28 bits per heavy atom. The van der Waals surface area contributed by atoms with Gasteiger partial charge in [-0.25, -0.2) is 9.36 Å². The van der Waals surface area contributed by atoms with Crippen LogP contribution < -0.4 is 5.69 Å². The molecule has 15 heteroatoms. The summed E-state index contributed by atoms with van der Waals surface area (Å²) in [4.78, 5) is 30.8. The van der Waals surface area contributed by atoms with Crippen molar-refractivity contribution in [3.8, 4) is 5.69 Å². The van der Waals surface area contributed by atoms with Crippen molar-refractivity contribution in [1.29, 1.82) is 0 Å². The molecule has 5 aliphatic heterocycles. The van der Waals surface area contributed by atoms with Crippen molar-refractivity contribution in [3.05, 3.63) is 83.0 Å². The second kappa shape index (κ2) is 19.9. The van der Waals surface area contributed by atoms with Gasteiger partial charge in [0.05, 0.1) is 44.9 Å². The largest absolute Gasteiger partial charge is 0.379 e. The van der Waals surface area contributed by atoms with Crippen molar-refractivity contribution in [2.75, 3.05) is 120 Å². The number of hydrogen-bond donors (Lipinski definition) is 0. The molecule has 1 aromatic heterocycles. The summed E-state index contributed by atoms with van der Waals surface area (Å²) >= 11 is 11.0. The van der Waals surface area contributed by atoms with Crippen molar-refractivity contribution < 1.29 is 4.74 Å². The number of likely N-dealkylation sites (N-methyl/N-ethyl adjacent to an activating group) is 3. The molecule has 0 aliphatic carbocycles. The lowest BCUT2D eigenvalue weighted by Crippen LogP contribution is -2.49. The second-order valence-corrected chi connectivity index (χ2v) is 15.6. The van der Waals surface area contributed by atoms with Crippen molar-refractivity contribution in [1.82, 2.24) is 53.5 Å². The predicted molar refractivity (Wildman–Crippen MR) is 223 cm³/mol. The van der Waals surface area contributed by atoms with E-state index in [1.807, 2.05) is 30.3 Å². The summed E-state index contributed by atoms with van der Waals surface area (Å²) in [7, 11) is 6.36. The van der Waals surface area contributed by atoms with Crippen LogP contribution in [0.1, 0.15) is 30.9 Å². The van der Waals surface area contributed by atoms with Gasteiger partial charge in [-0.3, -0.25) is 14.7 Å². The number of piperazine rings is 1. The van der Waals surface area contributed by atoms with Crippen molar-refractivity contribution >= 4 is 34.7 Å². The number of benzene rings is 2. The summed E-state index contributed by atoms with van der Waals surface area (Å²) in [5.74, 6) is 0. The van der Waals surface area contributed by atoms with Crippen molar-refractivity contribution in [2.45, 2.75) is 32.0 Å². The minimum Gasteiger partial charge on any atom is -0.379 e. The fourth-order valence-electron chi connectivity index (χ4n) is 7.43. The number of ether oxygens (including phenoxy) is 1. The summed E-state index contributed by atoms with van der Waals surface area (Å²) in [5, 5.41) is 6.17. The van der Waals surface area contributed by atoms with Crippen LogP contribution in [0.15, 0.2) is 71.8 Å². The van der Waals surface area contributed by atoms with Crippen LogP contribution in [-0.4, -0.2) is 183 Å². The lowest BCUT2D eigenvalue weighted by molar-refractivity contribution is 0.0226. The number of aromatic nitrogens is 3. The van der Waals surface area contributed by atoms with Crippen molar-refractivity contribution in [3.63, 3.8) is 0 Å². The number of rotatable bonds is 8. The maximum Gasteiger partial charge on any atom is 0.351 e. The molecule has 1 unspecified atom stereocenters. The summed E-state index contributed by atoms with van der Waals surface area (Å²) in [6, 6.07) is 20.6. The third-order valence-electron chi connectivity index (χ3n) is 10.9. The van der Waals surface area contributed by atoms with Gasteiger partial charge < -0.3 is 29.2 Å². The average Bonchev–Trinajstić information content (AvgIpc) is 3.83. The van der Waals surface area contributed by atoms with Crippen LogP contribution >= 0.6 is 24.4 Å². The van der Waals surface area contributed by atoms with E-state index in [4.69, 9.17) is 29.2 Å². The summed E-state index contributed by atoms with van der Waals surface area (Å²) in [6.45, 7) is 16.1. The van der Waals surface area contributed by atoms with Gasteiger partial charge in [-0.2, -0.15) is 9.78 Å². The molecule has 1 atom stereocenters. The van der Waals surface area contributed by atoms with E-state index < -0.39 is 0 Å². The number of thiocarbonyl (C=S) groups is 2. The number of nitrogens with zero attached hydrogens (tertiary/aromatic N) is 11. The zero-order valence-electron chi connectivity index (χ0n) is 32.4. The Morgan fingerprint density at radius 1 is 0.667 bits per heavy atom.